The van der Waals surface area contributed by atoms with Crippen molar-refractivity contribution in [1.82, 2.24) is 9.78 Å². The van der Waals surface area contributed by atoms with E-state index in [0.29, 0.717) is 12.3 Å². The number of anilines is 1. The molecule has 3 rings (SSSR count). The highest BCUT2D eigenvalue weighted by Gasteiger charge is 2.38. The Bertz CT molecular complexity index is 899. The summed E-state index contributed by atoms with van der Waals surface area (Å²) in [7, 11) is 3.07. The number of ether oxygens (including phenoxy) is 2. The maximum absolute atomic E-state index is 13.5. The van der Waals surface area contributed by atoms with Crippen LogP contribution in [0.4, 0.5) is 10.2 Å². The number of hydrogen-bond donors (Lipinski definition) is 1. The molecule has 1 aromatic carbocycles. The summed E-state index contributed by atoms with van der Waals surface area (Å²) in [5, 5.41) is 13.8. The smallest absolute Gasteiger partial charge is 0.326 e. The van der Waals surface area contributed by atoms with E-state index >= 15 is 0 Å². The van der Waals surface area contributed by atoms with Crippen LogP contribution < -0.4 is 15.2 Å². The Morgan fingerprint density at radius 3 is 2.61 bits per heavy atom. The van der Waals surface area contributed by atoms with Gasteiger partial charge in [-0.25, -0.2) is 13.9 Å². The number of benzene rings is 1. The molecule has 0 radical (unpaired) electrons. The molecule has 1 saturated heterocycles. The molecule has 1 N–H and O–H groups in total. The molecule has 1 aliphatic heterocycles. The predicted octanol–water partition coefficient (Wildman–Crippen LogP) is 1.45. The minimum absolute atomic E-state index is 0.0662. The summed E-state index contributed by atoms with van der Waals surface area (Å²) in [5.74, 6) is -0.0991. The maximum atomic E-state index is 13.5. The van der Waals surface area contributed by atoms with E-state index in [1.807, 2.05) is 0 Å². The third kappa shape index (κ3) is 3.99. The number of rotatable bonds is 7. The van der Waals surface area contributed by atoms with Crippen molar-refractivity contribution in [3.05, 3.63) is 51.8 Å². The molecular weight excluding hydrogens is 369 g/mol. The highest BCUT2D eigenvalue weighted by atomic mass is 19.1. The van der Waals surface area contributed by atoms with Crippen LogP contribution in [0.25, 0.3) is 0 Å². The molecule has 9 heteroatoms. The molecule has 0 spiro atoms. The van der Waals surface area contributed by atoms with Crippen LogP contribution >= 0.6 is 0 Å². The van der Waals surface area contributed by atoms with Gasteiger partial charge in [-0.15, -0.1) is 0 Å². The average Bonchev–Trinajstić information content (AvgIpc) is 3.15. The normalized spacial score (nSPS) is 19.0. The van der Waals surface area contributed by atoms with Crippen molar-refractivity contribution in [1.29, 1.82) is 0 Å². The first-order valence-electron chi connectivity index (χ1n) is 8.79. The van der Waals surface area contributed by atoms with E-state index in [-0.39, 0.29) is 30.5 Å². The molecule has 1 aliphatic rings. The molecule has 0 amide bonds. The van der Waals surface area contributed by atoms with Crippen molar-refractivity contribution in [2.24, 2.45) is 0 Å². The fourth-order valence-electron chi connectivity index (χ4n) is 3.28. The monoisotopic (exact) mass is 391 g/mol. The lowest BCUT2D eigenvalue weighted by atomic mass is 10.2. The van der Waals surface area contributed by atoms with Gasteiger partial charge in [0.05, 0.1) is 25.3 Å². The number of nitrogens with zero attached hydrogens (tertiary/aromatic N) is 3. The van der Waals surface area contributed by atoms with Gasteiger partial charge in [0.25, 0.3) is 5.56 Å². The van der Waals surface area contributed by atoms with Crippen LogP contribution in [0, 0.1) is 0 Å². The molecular formula is C19H22FN3O5. The highest BCUT2D eigenvalue weighted by molar-refractivity contribution is 5.78. The Kier molecular flexibility index (Phi) is 5.93. The lowest BCUT2D eigenvalue weighted by Gasteiger charge is -2.23. The molecule has 2 aromatic rings. The summed E-state index contributed by atoms with van der Waals surface area (Å²) in [4.78, 5) is 25.7. The first kappa shape index (κ1) is 19.8. The average molecular weight is 391 g/mol. The number of aromatic nitrogens is 2. The fraction of sp³-hybridized carbons (Fsp3) is 0.421. The molecule has 150 valence electrons. The van der Waals surface area contributed by atoms with Gasteiger partial charge in [-0.1, -0.05) is 12.1 Å². The Labute approximate surface area is 161 Å². The van der Waals surface area contributed by atoms with Gasteiger partial charge in [0.15, 0.2) is 5.82 Å². The van der Waals surface area contributed by atoms with Crippen molar-refractivity contribution in [3.63, 3.8) is 0 Å². The minimum atomic E-state index is -1.02. The lowest BCUT2D eigenvalue weighted by molar-refractivity contribution is -0.138. The summed E-state index contributed by atoms with van der Waals surface area (Å²) in [6.45, 7) is -0.536. The second-order valence-corrected chi connectivity index (χ2v) is 6.57. The van der Waals surface area contributed by atoms with Crippen LogP contribution in [-0.4, -0.2) is 53.8 Å². The highest BCUT2D eigenvalue weighted by Crippen LogP contribution is 2.26. The van der Waals surface area contributed by atoms with E-state index in [9.17, 15) is 19.1 Å². The minimum Gasteiger partial charge on any atom is -0.497 e. The molecule has 0 aliphatic carbocycles. The van der Waals surface area contributed by atoms with Crippen molar-refractivity contribution >= 4 is 11.8 Å². The standard InChI is InChI=1S/C19H22FN3O5/c1-27-14-5-3-12(4-6-14)10-23-18(24)13(9-20)7-17(21-23)22-11-15(28-2)8-16(22)19(25)26/h3-7,15-16H,8-11H2,1-2H3,(H,25,26)/t15-,16-/m0/s1. The van der Waals surface area contributed by atoms with Gasteiger partial charge in [-0.05, 0) is 23.8 Å². The molecule has 2 heterocycles. The Morgan fingerprint density at radius 1 is 1.32 bits per heavy atom. The number of carbonyl (C=O) groups is 1. The van der Waals surface area contributed by atoms with E-state index in [1.54, 1.807) is 36.3 Å². The van der Waals surface area contributed by atoms with Crippen LogP contribution in [0.1, 0.15) is 17.5 Å². The summed E-state index contributed by atoms with van der Waals surface area (Å²) < 4.78 is 25.0. The first-order chi connectivity index (χ1) is 13.5. The van der Waals surface area contributed by atoms with Crippen molar-refractivity contribution < 1.29 is 23.8 Å². The van der Waals surface area contributed by atoms with Gasteiger partial charge in [-0.2, -0.15) is 5.10 Å². The van der Waals surface area contributed by atoms with Crippen LogP contribution in [0.15, 0.2) is 35.1 Å². The summed E-state index contributed by atoms with van der Waals surface area (Å²) in [6, 6.07) is 7.55. The molecule has 0 saturated carbocycles. The number of methoxy groups -OCH3 is 2. The molecule has 8 nitrogen and oxygen atoms in total. The first-order valence-corrected chi connectivity index (χ1v) is 8.79. The number of carboxylic acids is 1. The van der Waals surface area contributed by atoms with E-state index in [1.165, 1.54) is 13.2 Å². The van der Waals surface area contributed by atoms with Gasteiger partial charge >= 0.3 is 5.97 Å². The van der Waals surface area contributed by atoms with Crippen molar-refractivity contribution in [2.45, 2.75) is 31.8 Å². The van der Waals surface area contributed by atoms with Crippen LogP contribution in [0.3, 0.4) is 0 Å². The van der Waals surface area contributed by atoms with E-state index in [2.05, 4.69) is 5.10 Å². The molecule has 0 unspecified atom stereocenters. The summed E-state index contributed by atoms with van der Waals surface area (Å²) >= 11 is 0. The number of alkyl halides is 1. The van der Waals surface area contributed by atoms with E-state index in [0.717, 1.165) is 10.2 Å². The largest absolute Gasteiger partial charge is 0.497 e. The predicted molar refractivity (Wildman–Crippen MR) is 99.6 cm³/mol. The zero-order valence-corrected chi connectivity index (χ0v) is 15.7. The number of halogens is 1. The summed E-state index contributed by atoms with van der Waals surface area (Å²) in [6.07, 6.45) is 0.00879. The van der Waals surface area contributed by atoms with Crippen molar-refractivity contribution in [3.8, 4) is 5.75 Å². The number of aliphatic carboxylic acids is 1. The van der Waals surface area contributed by atoms with Gasteiger partial charge in [-0.3, -0.25) is 4.79 Å². The van der Waals surface area contributed by atoms with Crippen molar-refractivity contribution in [2.75, 3.05) is 25.7 Å². The Balaban J connectivity index is 1.97. The summed E-state index contributed by atoms with van der Waals surface area (Å²) in [5.41, 5.74) is 0.170. The van der Waals surface area contributed by atoms with Gasteiger partial charge in [0.2, 0.25) is 0 Å². The molecule has 2 atom stereocenters. The molecule has 1 fully saturated rings. The molecule has 1 aromatic heterocycles. The third-order valence-corrected chi connectivity index (χ3v) is 4.85. The van der Waals surface area contributed by atoms with E-state index in [4.69, 9.17) is 9.47 Å². The van der Waals surface area contributed by atoms with Gasteiger partial charge in [0, 0.05) is 20.1 Å². The van der Waals surface area contributed by atoms with Crippen LogP contribution in [0.5, 0.6) is 5.75 Å². The topological polar surface area (TPSA) is 93.9 Å². The van der Waals surface area contributed by atoms with Crippen LogP contribution in [0.2, 0.25) is 0 Å². The number of carboxylic acid groups (broad SMARTS) is 1. The third-order valence-electron chi connectivity index (χ3n) is 4.85. The lowest BCUT2D eigenvalue weighted by Crippen LogP contribution is -2.38. The maximum Gasteiger partial charge on any atom is 0.326 e. The zero-order chi connectivity index (χ0) is 20.3. The van der Waals surface area contributed by atoms with Gasteiger partial charge in [0.1, 0.15) is 18.5 Å². The molecule has 0 bridgehead atoms. The zero-order valence-electron chi connectivity index (χ0n) is 15.7. The SMILES string of the molecule is COc1ccc(Cn2nc(N3C[C@@H](OC)C[C@H]3C(=O)O)cc(CF)c2=O)cc1. The number of hydrogen-bond acceptors (Lipinski definition) is 6. The van der Waals surface area contributed by atoms with Crippen LogP contribution in [-0.2, 0) is 22.8 Å². The Morgan fingerprint density at radius 2 is 2.04 bits per heavy atom. The second kappa shape index (κ2) is 8.39. The molecule has 28 heavy (non-hydrogen) atoms. The fourth-order valence-corrected chi connectivity index (χ4v) is 3.28. The second-order valence-electron chi connectivity index (χ2n) is 6.57. The Hall–Kier alpha value is -2.94. The van der Waals surface area contributed by atoms with Gasteiger partial charge < -0.3 is 19.5 Å². The van der Waals surface area contributed by atoms with E-state index < -0.39 is 24.2 Å². The quantitative estimate of drug-likeness (QED) is 0.763.